The monoisotopic (exact) mass is 403 g/mol. The molecular weight excluding hydrogens is 378 g/mol. The number of anilines is 2. The summed E-state index contributed by atoms with van der Waals surface area (Å²) in [6, 6.07) is 8.25. The first kappa shape index (κ1) is 18.7. The second-order valence-electron chi connectivity index (χ2n) is 8.15. The van der Waals surface area contributed by atoms with Crippen LogP contribution < -0.4 is 10.2 Å². The highest BCUT2D eigenvalue weighted by Gasteiger charge is 2.25. The molecule has 1 aromatic carbocycles. The molecule has 2 aliphatic rings. The fourth-order valence-corrected chi connectivity index (χ4v) is 4.28. The smallest absolute Gasteiger partial charge is 0.274 e. The second-order valence-corrected chi connectivity index (χ2v) is 8.15. The number of hydrogen-bond donors (Lipinski definition) is 1. The molecule has 1 N–H and O–H groups in total. The lowest BCUT2D eigenvalue weighted by atomic mass is 10.0. The van der Waals surface area contributed by atoms with E-state index in [1.807, 2.05) is 40.8 Å². The lowest BCUT2D eigenvalue weighted by molar-refractivity contribution is -0.116. The molecule has 3 aromatic rings. The minimum Gasteiger partial charge on any atom is -0.368 e. The fraction of sp³-hybridized carbons (Fsp3) is 0.348. The summed E-state index contributed by atoms with van der Waals surface area (Å²) in [6.45, 7) is 6.98. The summed E-state index contributed by atoms with van der Waals surface area (Å²) in [7, 11) is 0. The highest BCUT2D eigenvalue weighted by atomic mass is 16.2. The minimum absolute atomic E-state index is 0.0106. The van der Waals surface area contributed by atoms with Crippen molar-refractivity contribution in [2.24, 2.45) is 0 Å². The van der Waals surface area contributed by atoms with Gasteiger partial charge in [0.25, 0.3) is 5.91 Å². The van der Waals surface area contributed by atoms with Gasteiger partial charge in [0.15, 0.2) is 0 Å². The standard InChI is InChI=1S/C23H25N5O2/c1-15-7-8-28-14-20(25-22(28)16(15)2)23(30)27-11-9-26(10-12-27)18-4-5-19-17(13-18)3-6-21(29)24-19/h4-5,7-8,13-14H,3,6,9-12H2,1-2H3,(H,24,29). The number of aromatic nitrogens is 2. The molecule has 30 heavy (non-hydrogen) atoms. The second kappa shape index (κ2) is 7.16. The zero-order chi connectivity index (χ0) is 20.8. The summed E-state index contributed by atoms with van der Waals surface area (Å²) in [5.74, 6) is 0.0724. The molecule has 1 saturated heterocycles. The summed E-state index contributed by atoms with van der Waals surface area (Å²) < 4.78 is 1.93. The van der Waals surface area contributed by atoms with Gasteiger partial charge in [0, 0.05) is 56.4 Å². The number of carbonyl (C=O) groups excluding carboxylic acids is 2. The summed E-state index contributed by atoms with van der Waals surface area (Å²) in [5.41, 5.74) is 6.87. The zero-order valence-corrected chi connectivity index (χ0v) is 17.3. The SMILES string of the molecule is Cc1ccn2cc(C(=O)N3CCN(c4ccc5c(c4)CCC(=O)N5)CC3)nc2c1C. The molecule has 0 bridgehead atoms. The molecular formula is C23H25N5O2. The number of pyridine rings is 1. The maximum Gasteiger partial charge on any atom is 0.274 e. The number of hydrogen-bond acceptors (Lipinski definition) is 4. The van der Waals surface area contributed by atoms with E-state index in [2.05, 4.69) is 34.3 Å². The molecule has 2 aliphatic heterocycles. The van der Waals surface area contributed by atoms with Crippen LogP contribution in [0, 0.1) is 13.8 Å². The molecule has 4 heterocycles. The number of carbonyl (C=O) groups is 2. The lowest BCUT2D eigenvalue weighted by Crippen LogP contribution is -2.49. The van der Waals surface area contributed by atoms with Gasteiger partial charge in [0.1, 0.15) is 11.3 Å². The van der Waals surface area contributed by atoms with Crippen LogP contribution in [0.25, 0.3) is 5.65 Å². The minimum atomic E-state index is -0.0106. The maximum atomic E-state index is 13.0. The predicted molar refractivity (Wildman–Crippen MR) is 116 cm³/mol. The van der Waals surface area contributed by atoms with Crippen LogP contribution >= 0.6 is 0 Å². The summed E-state index contributed by atoms with van der Waals surface area (Å²) in [6.07, 6.45) is 5.10. The maximum absolute atomic E-state index is 13.0. The van der Waals surface area contributed by atoms with Crippen molar-refractivity contribution >= 4 is 28.8 Å². The Hall–Kier alpha value is -3.35. The van der Waals surface area contributed by atoms with Crippen molar-refractivity contribution < 1.29 is 9.59 Å². The summed E-state index contributed by atoms with van der Waals surface area (Å²) >= 11 is 0. The number of fused-ring (bicyclic) bond motifs is 2. The highest BCUT2D eigenvalue weighted by Crippen LogP contribution is 2.28. The Morgan fingerprint density at radius 2 is 1.87 bits per heavy atom. The lowest BCUT2D eigenvalue weighted by Gasteiger charge is -2.36. The van der Waals surface area contributed by atoms with Crippen molar-refractivity contribution in [3.05, 3.63) is 59.0 Å². The van der Waals surface area contributed by atoms with Crippen LogP contribution in [0.3, 0.4) is 0 Å². The van der Waals surface area contributed by atoms with Crippen LogP contribution in [0.2, 0.25) is 0 Å². The third kappa shape index (κ3) is 3.20. The molecule has 0 aliphatic carbocycles. The predicted octanol–water partition coefficient (Wildman–Crippen LogP) is 2.80. The Balaban J connectivity index is 1.28. The van der Waals surface area contributed by atoms with Crippen LogP contribution in [0.5, 0.6) is 0 Å². The van der Waals surface area contributed by atoms with E-state index in [4.69, 9.17) is 0 Å². The van der Waals surface area contributed by atoms with E-state index in [9.17, 15) is 9.59 Å². The Kier molecular flexibility index (Phi) is 4.46. The van der Waals surface area contributed by atoms with E-state index in [0.717, 1.165) is 42.1 Å². The zero-order valence-electron chi connectivity index (χ0n) is 17.3. The number of piperazine rings is 1. The Morgan fingerprint density at radius 1 is 1.07 bits per heavy atom. The number of rotatable bonds is 2. The van der Waals surface area contributed by atoms with Gasteiger partial charge in [-0.15, -0.1) is 0 Å². The summed E-state index contributed by atoms with van der Waals surface area (Å²) in [5, 5.41) is 2.93. The largest absolute Gasteiger partial charge is 0.368 e. The van der Waals surface area contributed by atoms with Gasteiger partial charge in [0.05, 0.1) is 0 Å². The molecule has 0 unspecified atom stereocenters. The van der Waals surface area contributed by atoms with Gasteiger partial charge < -0.3 is 19.5 Å². The van der Waals surface area contributed by atoms with Gasteiger partial charge in [-0.25, -0.2) is 4.98 Å². The van der Waals surface area contributed by atoms with E-state index in [1.165, 1.54) is 11.1 Å². The number of amides is 2. The fourth-order valence-electron chi connectivity index (χ4n) is 4.28. The van der Waals surface area contributed by atoms with E-state index >= 15 is 0 Å². The molecule has 154 valence electrons. The van der Waals surface area contributed by atoms with E-state index in [1.54, 1.807) is 0 Å². The highest BCUT2D eigenvalue weighted by molar-refractivity contribution is 5.94. The Labute approximate surface area is 175 Å². The molecule has 2 aromatic heterocycles. The van der Waals surface area contributed by atoms with Crippen molar-refractivity contribution in [1.82, 2.24) is 14.3 Å². The van der Waals surface area contributed by atoms with E-state index < -0.39 is 0 Å². The molecule has 0 atom stereocenters. The molecule has 0 radical (unpaired) electrons. The Morgan fingerprint density at radius 3 is 2.67 bits per heavy atom. The first-order chi connectivity index (χ1) is 14.5. The number of nitrogens with zero attached hydrogens (tertiary/aromatic N) is 4. The van der Waals surface area contributed by atoms with Gasteiger partial charge in [-0.1, -0.05) is 0 Å². The van der Waals surface area contributed by atoms with Crippen LogP contribution in [0.4, 0.5) is 11.4 Å². The first-order valence-corrected chi connectivity index (χ1v) is 10.4. The number of aryl methyl sites for hydroxylation is 3. The number of nitrogens with one attached hydrogen (secondary N) is 1. The van der Waals surface area contributed by atoms with Crippen molar-refractivity contribution in [2.45, 2.75) is 26.7 Å². The normalized spacial score (nSPS) is 16.5. The molecule has 0 spiro atoms. The van der Waals surface area contributed by atoms with Crippen LogP contribution in [0.1, 0.15) is 33.6 Å². The number of imidazole rings is 1. The first-order valence-electron chi connectivity index (χ1n) is 10.4. The number of benzene rings is 1. The van der Waals surface area contributed by atoms with Crippen molar-refractivity contribution in [2.75, 3.05) is 36.4 Å². The van der Waals surface area contributed by atoms with E-state index in [0.29, 0.717) is 25.2 Å². The van der Waals surface area contributed by atoms with Crippen molar-refractivity contribution in [3.63, 3.8) is 0 Å². The van der Waals surface area contributed by atoms with Crippen molar-refractivity contribution in [3.8, 4) is 0 Å². The summed E-state index contributed by atoms with van der Waals surface area (Å²) in [4.78, 5) is 33.4. The van der Waals surface area contributed by atoms with Gasteiger partial charge in [-0.3, -0.25) is 9.59 Å². The van der Waals surface area contributed by atoms with Crippen LogP contribution in [0.15, 0.2) is 36.7 Å². The quantitative estimate of drug-likeness (QED) is 0.714. The molecule has 7 nitrogen and oxygen atoms in total. The van der Waals surface area contributed by atoms with Crippen LogP contribution in [-0.2, 0) is 11.2 Å². The molecule has 7 heteroatoms. The topological polar surface area (TPSA) is 70.0 Å². The van der Waals surface area contributed by atoms with Crippen LogP contribution in [-0.4, -0.2) is 52.3 Å². The van der Waals surface area contributed by atoms with Gasteiger partial charge >= 0.3 is 0 Å². The molecule has 5 rings (SSSR count). The molecule has 2 amide bonds. The Bertz CT molecular complexity index is 1160. The average Bonchev–Trinajstić information content (AvgIpc) is 3.21. The molecule has 1 fully saturated rings. The third-order valence-electron chi connectivity index (χ3n) is 6.28. The average molecular weight is 403 g/mol. The van der Waals surface area contributed by atoms with Gasteiger partial charge in [-0.05, 0) is 61.2 Å². The van der Waals surface area contributed by atoms with E-state index in [-0.39, 0.29) is 11.8 Å². The van der Waals surface area contributed by atoms with Gasteiger partial charge in [0.2, 0.25) is 5.91 Å². The third-order valence-corrected chi connectivity index (χ3v) is 6.28. The van der Waals surface area contributed by atoms with Crippen molar-refractivity contribution in [1.29, 1.82) is 0 Å². The van der Waals surface area contributed by atoms with Gasteiger partial charge in [-0.2, -0.15) is 0 Å². The molecule has 0 saturated carbocycles.